The number of likely N-dealkylation sites (N-methyl/N-ethyl adjacent to an activating group) is 1. The van der Waals surface area contributed by atoms with Crippen molar-refractivity contribution in [3.63, 3.8) is 0 Å². The van der Waals surface area contributed by atoms with Crippen molar-refractivity contribution in [1.82, 2.24) is 10.2 Å². The summed E-state index contributed by atoms with van der Waals surface area (Å²) in [4.78, 5) is 15.2. The van der Waals surface area contributed by atoms with Crippen molar-refractivity contribution in [2.75, 3.05) is 11.9 Å². The number of hydrogen-bond donors (Lipinski definition) is 2. The number of para-hydroxylation sites is 1. The monoisotopic (exact) mass is 369 g/mol. The minimum Gasteiger partial charge on any atom is -0.420 e. The van der Waals surface area contributed by atoms with Crippen molar-refractivity contribution in [2.45, 2.75) is 5.41 Å². The Hall–Kier alpha value is -4.05. The van der Waals surface area contributed by atoms with Gasteiger partial charge in [-0.1, -0.05) is 48.5 Å². The quantitative estimate of drug-likeness (QED) is 0.685. The summed E-state index contributed by atoms with van der Waals surface area (Å²) in [5, 5.41) is 17.2. The molecule has 0 aliphatic carbocycles. The van der Waals surface area contributed by atoms with Crippen molar-refractivity contribution in [3.05, 3.63) is 77.2 Å². The highest BCUT2D eigenvalue weighted by molar-refractivity contribution is 6.14. The molecule has 3 aromatic rings. The third-order valence-corrected chi connectivity index (χ3v) is 5.41. The zero-order valence-electron chi connectivity index (χ0n) is 14.9. The lowest BCUT2D eigenvalue weighted by Crippen LogP contribution is -2.45. The number of nitrogens with one attached hydrogen (secondary N) is 1. The minimum atomic E-state index is -1.41. The molecular formula is C21H15N5O2. The van der Waals surface area contributed by atoms with Crippen molar-refractivity contribution in [3.8, 4) is 23.2 Å². The highest BCUT2D eigenvalue weighted by Gasteiger charge is 2.60. The number of benzene rings is 2. The Morgan fingerprint density at radius 1 is 1.18 bits per heavy atom. The summed E-state index contributed by atoms with van der Waals surface area (Å²) >= 11 is 0. The molecule has 1 aromatic heterocycles. The topological polar surface area (TPSA) is 108 Å². The van der Waals surface area contributed by atoms with E-state index in [9.17, 15) is 10.1 Å². The van der Waals surface area contributed by atoms with Gasteiger partial charge >= 0.3 is 0 Å². The van der Waals surface area contributed by atoms with Crippen molar-refractivity contribution < 1.29 is 9.53 Å². The number of H-pyrrole nitrogens is 1. The van der Waals surface area contributed by atoms with Gasteiger partial charge in [-0.25, -0.2) is 0 Å². The lowest BCUT2D eigenvalue weighted by atomic mass is 9.68. The molecule has 2 aromatic carbocycles. The zero-order chi connectivity index (χ0) is 19.5. The van der Waals surface area contributed by atoms with Crippen LogP contribution in [0.25, 0.3) is 11.3 Å². The number of nitrogens with two attached hydrogens (primary N) is 1. The molecule has 0 bridgehead atoms. The van der Waals surface area contributed by atoms with Gasteiger partial charge in [0.05, 0.1) is 11.3 Å². The predicted molar refractivity (Wildman–Crippen MR) is 102 cm³/mol. The van der Waals surface area contributed by atoms with Crippen molar-refractivity contribution >= 4 is 11.6 Å². The van der Waals surface area contributed by atoms with Gasteiger partial charge < -0.3 is 15.4 Å². The molecule has 7 nitrogen and oxygen atoms in total. The first kappa shape index (κ1) is 16.1. The van der Waals surface area contributed by atoms with Gasteiger partial charge in [0.25, 0.3) is 0 Å². The largest absolute Gasteiger partial charge is 0.420 e. The molecule has 28 heavy (non-hydrogen) atoms. The maximum atomic E-state index is 13.7. The van der Waals surface area contributed by atoms with Crippen LogP contribution < -0.4 is 15.4 Å². The van der Waals surface area contributed by atoms with E-state index in [4.69, 9.17) is 10.5 Å². The lowest BCUT2D eigenvalue weighted by Gasteiger charge is -2.32. The molecule has 0 fully saturated rings. The van der Waals surface area contributed by atoms with Crippen LogP contribution in [0.1, 0.15) is 11.1 Å². The standard InChI is InChI=1S/C21H15N5O2/c1-26-15-10-6-5-9-13(15)21(20(26)27)14(11-22)18(23)28-19-16(21)17(24-25-19)12-7-3-2-4-8-12/h2-10H,23H2,1H3,(H,24,25)/t21-/m0/s1. The fourth-order valence-corrected chi connectivity index (χ4v) is 4.21. The lowest BCUT2D eigenvalue weighted by molar-refractivity contribution is -0.120. The molecule has 136 valence electrons. The number of nitriles is 1. The molecule has 0 saturated heterocycles. The molecule has 1 atom stereocenters. The van der Waals surface area contributed by atoms with E-state index >= 15 is 0 Å². The summed E-state index contributed by atoms with van der Waals surface area (Å²) in [5.41, 5.74) is 8.11. The summed E-state index contributed by atoms with van der Waals surface area (Å²) in [6.07, 6.45) is 0. The van der Waals surface area contributed by atoms with E-state index in [1.165, 1.54) is 0 Å². The fraction of sp³-hybridized carbons (Fsp3) is 0.0952. The van der Waals surface area contributed by atoms with Crippen LogP contribution in [0.5, 0.6) is 5.88 Å². The molecule has 5 rings (SSSR count). The molecular weight excluding hydrogens is 354 g/mol. The Labute approximate surface area is 160 Å². The van der Waals surface area contributed by atoms with Gasteiger partial charge in [-0.3, -0.25) is 9.89 Å². The highest BCUT2D eigenvalue weighted by atomic mass is 16.5. The molecule has 0 saturated carbocycles. The molecule has 1 spiro atoms. The predicted octanol–water partition coefficient (Wildman–Crippen LogP) is 2.43. The Kier molecular flexibility index (Phi) is 3.16. The average molecular weight is 369 g/mol. The Morgan fingerprint density at radius 3 is 2.64 bits per heavy atom. The SMILES string of the molecule is CN1C(=O)[C@]2(C(C#N)=C(N)Oc3n[nH]c(-c4ccccc4)c32)c2ccccc21. The van der Waals surface area contributed by atoms with Crippen LogP contribution in [0.4, 0.5) is 5.69 Å². The van der Waals surface area contributed by atoms with Crippen LogP contribution in [0.3, 0.4) is 0 Å². The number of anilines is 1. The Balaban J connectivity index is 1.93. The first-order valence-electron chi connectivity index (χ1n) is 8.70. The van der Waals surface area contributed by atoms with Crippen LogP contribution in [-0.2, 0) is 10.2 Å². The minimum absolute atomic E-state index is 0.0698. The normalized spacial score (nSPS) is 20.0. The molecule has 0 radical (unpaired) electrons. The van der Waals surface area contributed by atoms with Gasteiger partial charge in [-0.15, -0.1) is 5.10 Å². The van der Waals surface area contributed by atoms with Crippen molar-refractivity contribution in [1.29, 1.82) is 5.26 Å². The van der Waals surface area contributed by atoms with Crippen LogP contribution >= 0.6 is 0 Å². The highest BCUT2D eigenvalue weighted by Crippen LogP contribution is 2.56. The zero-order valence-corrected chi connectivity index (χ0v) is 14.9. The number of aromatic nitrogens is 2. The van der Waals surface area contributed by atoms with Gasteiger partial charge in [0, 0.05) is 23.9 Å². The second kappa shape index (κ2) is 5.47. The maximum Gasteiger partial charge on any atom is 0.247 e. The molecule has 7 heteroatoms. The first-order chi connectivity index (χ1) is 13.6. The molecule has 0 unspecified atom stereocenters. The third-order valence-electron chi connectivity index (χ3n) is 5.41. The number of ether oxygens (including phenoxy) is 1. The van der Waals surface area contributed by atoms with E-state index in [1.54, 1.807) is 11.9 Å². The molecule has 3 heterocycles. The number of amides is 1. The van der Waals surface area contributed by atoms with E-state index in [0.717, 1.165) is 11.3 Å². The molecule has 1 amide bonds. The van der Waals surface area contributed by atoms with Crippen LogP contribution in [0, 0.1) is 11.3 Å². The van der Waals surface area contributed by atoms with E-state index < -0.39 is 5.41 Å². The number of nitrogens with zero attached hydrogens (tertiary/aromatic N) is 3. The van der Waals surface area contributed by atoms with E-state index in [1.807, 2.05) is 54.6 Å². The van der Waals surface area contributed by atoms with Gasteiger partial charge in [-0.2, -0.15) is 5.26 Å². The smallest absolute Gasteiger partial charge is 0.247 e. The van der Waals surface area contributed by atoms with Crippen LogP contribution in [0.15, 0.2) is 66.1 Å². The summed E-state index contributed by atoms with van der Waals surface area (Å²) in [7, 11) is 1.69. The van der Waals surface area contributed by atoms with Crippen LogP contribution in [-0.4, -0.2) is 23.2 Å². The fourth-order valence-electron chi connectivity index (χ4n) is 4.21. The van der Waals surface area contributed by atoms with Gasteiger partial charge in [-0.05, 0) is 6.07 Å². The summed E-state index contributed by atoms with van der Waals surface area (Å²) in [6, 6.07) is 19.0. The molecule has 2 aliphatic rings. The number of hydrogen-bond acceptors (Lipinski definition) is 5. The number of fused-ring (bicyclic) bond motifs is 4. The van der Waals surface area contributed by atoms with E-state index in [2.05, 4.69) is 16.3 Å². The van der Waals surface area contributed by atoms with Gasteiger partial charge in [0.1, 0.15) is 17.1 Å². The number of aromatic amines is 1. The Bertz CT molecular complexity index is 1210. The molecule has 3 N–H and O–H groups in total. The van der Waals surface area contributed by atoms with E-state index in [-0.39, 0.29) is 23.2 Å². The van der Waals surface area contributed by atoms with Crippen LogP contribution in [0.2, 0.25) is 0 Å². The number of carbonyl (C=O) groups excluding carboxylic acids is 1. The summed E-state index contributed by atoms with van der Waals surface area (Å²) < 4.78 is 5.64. The Morgan fingerprint density at radius 2 is 1.89 bits per heavy atom. The molecule has 2 aliphatic heterocycles. The second-order valence-corrected chi connectivity index (χ2v) is 6.73. The summed E-state index contributed by atoms with van der Waals surface area (Å²) in [5.74, 6) is -0.176. The third kappa shape index (κ3) is 1.76. The average Bonchev–Trinajstić information content (AvgIpc) is 3.24. The van der Waals surface area contributed by atoms with Gasteiger partial charge in [0.15, 0.2) is 0 Å². The maximum absolute atomic E-state index is 13.7. The van der Waals surface area contributed by atoms with Gasteiger partial charge in [0.2, 0.25) is 17.7 Å². The number of carbonyl (C=O) groups is 1. The summed E-state index contributed by atoms with van der Waals surface area (Å²) in [6.45, 7) is 0. The second-order valence-electron chi connectivity index (χ2n) is 6.73. The van der Waals surface area contributed by atoms with E-state index in [0.29, 0.717) is 16.8 Å². The number of rotatable bonds is 1. The van der Waals surface area contributed by atoms with Crippen molar-refractivity contribution in [2.24, 2.45) is 5.73 Å². The first-order valence-corrected chi connectivity index (χ1v) is 8.70.